The Labute approximate surface area is 116 Å². The van der Waals surface area contributed by atoms with Gasteiger partial charge >= 0.3 is 12.4 Å². The lowest BCUT2D eigenvalue weighted by Crippen LogP contribution is -2.42. The van der Waals surface area contributed by atoms with Crippen LogP contribution in [0.1, 0.15) is 21.5 Å². The molecular weight excluding hydrogens is 302 g/mol. The normalized spacial score (nSPS) is 12.7. The molecule has 0 heterocycles. The van der Waals surface area contributed by atoms with Crippen LogP contribution in [0, 0.1) is 19.8 Å². The molecule has 0 spiro atoms. The molecule has 118 valence electrons. The number of hydrogen-bond donors (Lipinski definition) is 0. The summed E-state index contributed by atoms with van der Waals surface area (Å²) in [5, 5.41) is 0. The summed E-state index contributed by atoms with van der Waals surface area (Å²) in [6.45, 7) is 2.67. The standard InChI is InChI=1S/C13H12F6O2/c1-6-5-9(21-3)7(2)4-8(6)10(20)11(12(14,15)16)13(17,18)19/h4-5,11H,1-3H3. The molecule has 0 aliphatic heterocycles. The van der Waals surface area contributed by atoms with E-state index >= 15 is 0 Å². The van der Waals surface area contributed by atoms with Gasteiger partial charge in [-0.2, -0.15) is 26.3 Å². The van der Waals surface area contributed by atoms with E-state index in [0.29, 0.717) is 0 Å². The number of hydrogen-bond acceptors (Lipinski definition) is 2. The minimum atomic E-state index is -5.70. The number of carbonyl (C=O) groups is 1. The first-order chi connectivity index (χ1) is 9.39. The van der Waals surface area contributed by atoms with E-state index in [-0.39, 0.29) is 16.9 Å². The van der Waals surface area contributed by atoms with E-state index in [0.717, 1.165) is 6.07 Å². The number of ether oxygens (including phenoxy) is 1. The fourth-order valence-corrected chi connectivity index (χ4v) is 1.91. The average molecular weight is 314 g/mol. The average Bonchev–Trinajstić information content (AvgIpc) is 2.27. The Hall–Kier alpha value is -1.73. The summed E-state index contributed by atoms with van der Waals surface area (Å²) in [7, 11) is 1.30. The van der Waals surface area contributed by atoms with Crippen molar-refractivity contribution in [2.75, 3.05) is 7.11 Å². The minimum absolute atomic E-state index is 0.0130. The molecule has 0 amide bonds. The van der Waals surface area contributed by atoms with Crippen molar-refractivity contribution in [2.24, 2.45) is 5.92 Å². The first kappa shape index (κ1) is 17.3. The molecule has 8 heteroatoms. The predicted molar refractivity (Wildman–Crippen MR) is 62.4 cm³/mol. The van der Waals surface area contributed by atoms with E-state index in [9.17, 15) is 31.1 Å². The van der Waals surface area contributed by atoms with Crippen molar-refractivity contribution >= 4 is 5.78 Å². The first-order valence-corrected chi connectivity index (χ1v) is 5.72. The SMILES string of the molecule is COc1cc(C)c(C(=O)C(C(F)(F)F)C(F)(F)F)cc1C. The molecule has 1 aromatic rings. The lowest BCUT2D eigenvalue weighted by Gasteiger charge is -2.22. The van der Waals surface area contributed by atoms with Gasteiger partial charge in [0.1, 0.15) is 5.75 Å². The zero-order valence-corrected chi connectivity index (χ0v) is 11.3. The number of rotatable bonds is 3. The first-order valence-electron chi connectivity index (χ1n) is 5.72. The topological polar surface area (TPSA) is 26.3 Å². The molecule has 0 aliphatic carbocycles. The lowest BCUT2D eigenvalue weighted by molar-refractivity contribution is -0.264. The maximum Gasteiger partial charge on any atom is 0.407 e. The van der Waals surface area contributed by atoms with Gasteiger partial charge in [0.15, 0.2) is 5.78 Å². The van der Waals surface area contributed by atoms with Gasteiger partial charge < -0.3 is 4.74 Å². The third-order valence-electron chi connectivity index (χ3n) is 2.92. The highest BCUT2D eigenvalue weighted by atomic mass is 19.4. The molecule has 1 aromatic carbocycles. The van der Waals surface area contributed by atoms with Crippen LogP contribution in [0.3, 0.4) is 0 Å². The second-order valence-electron chi connectivity index (χ2n) is 4.52. The lowest BCUT2D eigenvalue weighted by atomic mass is 9.92. The van der Waals surface area contributed by atoms with Gasteiger partial charge in [0.25, 0.3) is 0 Å². The second-order valence-corrected chi connectivity index (χ2v) is 4.52. The van der Waals surface area contributed by atoms with Crippen molar-refractivity contribution in [1.82, 2.24) is 0 Å². The third kappa shape index (κ3) is 3.68. The Bertz CT molecular complexity index is 531. The highest BCUT2D eigenvalue weighted by molar-refractivity contribution is 6.00. The van der Waals surface area contributed by atoms with E-state index < -0.39 is 29.6 Å². The highest BCUT2D eigenvalue weighted by Gasteiger charge is 2.61. The van der Waals surface area contributed by atoms with Crippen LogP contribution in [-0.2, 0) is 0 Å². The minimum Gasteiger partial charge on any atom is -0.496 e. The van der Waals surface area contributed by atoms with E-state index in [1.54, 1.807) is 0 Å². The molecule has 0 aromatic heterocycles. The van der Waals surface area contributed by atoms with Crippen LogP contribution in [0.5, 0.6) is 5.75 Å². The Morgan fingerprint density at radius 2 is 1.48 bits per heavy atom. The number of halogens is 6. The molecule has 0 atom stereocenters. The summed E-state index contributed by atoms with van der Waals surface area (Å²) in [5.41, 5.74) is -0.358. The maximum absolute atomic E-state index is 12.6. The maximum atomic E-state index is 12.6. The molecule has 1 rings (SSSR count). The van der Waals surface area contributed by atoms with Gasteiger partial charge in [0.2, 0.25) is 5.92 Å². The molecule has 0 fully saturated rings. The fraction of sp³-hybridized carbons (Fsp3) is 0.462. The molecule has 0 saturated heterocycles. The van der Waals surface area contributed by atoms with Crippen LogP contribution in [0.2, 0.25) is 0 Å². The number of aryl methyl sites for hydroxylation is 2. The fourth-order valence-electron chi connectivity index (χ4n) is 1.91. The monoisotopic (exact) mass is 314 g/mol. The molecule has 0 saturated carbocycles. The van der Waals surface area contributed by atoms with Crippen molar-refractivity contribution in [3.05, 3.63) is 28.8 Å². The smallest absolute Gasteiger partial charge is 0.407 e. The zero-order valence-electron chi connectivity index (χ0n) is 11.3. The molecular formula is C13H12F6O2. The molecule has 0 aliphatic rings. The zero-order chi connectivity index (χ0) is 16.6. The van der Waals surface area contributed by atoms with Crippen LogP contribution in [0.4, 0.5) is 26.3 Å². The number of carbonyl (C=O) groups excluding carboxylic acids is 1. The molecule has 0 N–H and O–H groups in total. The van der Waals surface area contributed by atoms with Crippen molar-refractivity contribution in [2.45, 2.75) is 26.2 Å². The summed E-state index contributed by atoms with van der Waals surface area (Å²) in [6.07, 6.45) is -11.4. The van der Waals surface area contributed by atoms with Crippen molar-refractivity contribution in [3.63, 3.8) is 0 Å². The van der Waals surface area contributed by atoms with E-state index in [4.69, 9.17) is 4.74 Å². The van der Waals surface area contributed by atoms with Gasteiger partial charge in [-0.1, -0.05) is 0 Å². The van der Waals surface area contributed by atoms with E-state index in [1.165, 1.54) is 27.0 Å². The van der Waals surface area contributed by atoms with Gasteiger partial charge in [-0.15, -0.1) is 0 Å². The quantitative estimate of drug-likeness (QED) is 0.616. The highest BCUT2D eigenvalue weighted by Crippen LogP contribution is 2.42. The Kier molecular flexibility index (Phi) is 4.60. The largest absolute Gasteiger partial charge is 0.496 e. The second kappa shape index (κ2) is 5.57. The third-order valence-corrected chi connectivity index (χ3v) is 2.92. The van der Waals surface area contributed by atoms with Crippen LogP contribution >= 0.6 is 0 Å². The van der Waals surface area contributed by atoms with E-state index in [1.807, 2.05) is 0 Å². The molecule has 0 unspecified atom stereocenters. The Morgan fingerprint density at radius 1 is 1.00 bits per heavy atom. The molecule has 2 nitrogen and oxygen atoms in total. The van der Waals surface area contributed by atoms with Crippen LogP contribution in [-0.4, -0.2) is 25.2 Å². The summed E-state index contributed by atoms with van der Waals surface area (Å²) < 4.78 is 80.3. The summed E-state index contributed by atoms with van der Waals surface area (Å²) in [5.74, 6) is -5.77. The number of Topliss-reactive ketones (excluding diaryl/α,β-unsaturated/α-hetero) is 1. The number of alkyl halides is 6. The molecule has 0 radical (unpaired) electrons. The predicted octanol–water partition coefficient (Wildman–Crippen LogP) is 4.24. The summed E-state index contributed by atoms with van der Waals surface area (Å²) in [6, 6.07) is 2.20. The van der Waals surface area contributed by atoms with Crippen molar-refractivity contribution in [3.8, 4) is 5.75 Å². The summed E-state index contributed by atoms with van der Waals surface area (Å²) >= 11 is 0. The van der Waals surface area contributed by atoms with E-state index in [2.05, 4.69) is 0 Å². The van der Waals surface area contributed by atoms with Gasteiger partial charge in [-0.25, -0.2) is 0 Å². The van der Waals surface area contributed by atoms with Gasteiger partial charge in [0.05, 0.1) is 7.11 Å². The van der Waals surface area contributed by atoms with Crippen LogP contribution in [0.25, 0.3) is 0 Å². The number of benzene rings is 1. The molecule has 0 bridgehead atoms. The number of ketones is 1. The van der Waals surface area contributed by atoms with Crippen LogP contribution in [0.15, 0.2) is 12.1 Å². The van der Waals surface area contributed by atoms with Crippen molar-refractivity contribution in [1.29, 1.82) is 0 Å². The van der Waals surface area contributed by atoms with Crippen molar-refractivity contribution < 1.29 is 35.9 Å². The van der Waals surface area contributed by atoms with Gasteiger partial charge in [-0.05, 0) is 37.1 Å². The van der Waals surface area contributed by atoms with Gasteiger partial charge in [0, 0.05) is 5.56 Å². The Balaban J connectivity index is 3.38. The summed E-state index contributed by atoms with van der Waals surface area (Å²) in [4.78, 5) is 11.7. The Morgan fingerprint density at radius 3 is 1.86 bits per heavy atom. The van der Waals surface area contributed by atoms with Gasteiger partial charge in [-0.3, -0.25) is 4.79 Å². The molecule has 21 heavy (non-hydrogen) atoms. The van der Waals surface area contributed by atoms with Crippen LogP contribution < -0.4 is 4.74 Å². The number of methoxy groups -OCH3 is 1.